The standard InChI is InChI=1S/C18H24ClN3O2/c1-21-9-6-20-18(21)13-4-7-22(8-5-13)12-14-10-15(19)17(24-3)11-16(14)23-2/h6,9-11,13H,4-5,7-8,12H2,1-3H3. The van der Waals surface area contributed by atoms with Crippen molar-refractivity contribution in [2.45, 2.75) is 25.3 Å². The van der Waals surface area contributed by atoms with Crippen molar-refractivity contribution in [3.63, 3.8) is 0 Å². The molecule has 0 aliphatic carbocycles. The fourth-order valence-electron chi connectivity index (χ4n) is 3.41. The molecule has 3 rings (SSSR count). The number of nitrogens with zero attached hydrogens (tertiary/aromatic N) is 3. The van der Waals surface area contributed by atoms with Gasteiger partial charge in [0.2, 0.25) is 0 Å². The summed E-state index contributed by atoms with van der Waals surface area (Å²) >= 11 is 6.27. The molecule has 1 saturated heterocycles. The Morgan fingerprint density at radius 2 is 1.88 bits per heavy atom. The molecule has 0 unspecified atom stereocenters. The molecule has 1 aromatic heterocycles. The number of imidazole rings is 1. The van der Waals surface area contributed by atoms with Crippen LogP contribution in [-0.4, -0.2) is 41.8 Å². The van der Waals surface area contributed by atoms with Gasteiger partial charge in [0.25, 0.3) is 0 Å². The Balaban J connectivity index is 1.66. The van der Waals surface area contributed by atoms with E-state index in [-0.39, 0.29) is 0 Å². The molecule has 2 heterocycles. The molecule has 24 heavy (non-hydrogen) atoms. The number of ether oxygens (including phenoxy) is 2. The second-order valence-electron chi connectivity index (χ2n) is 6.25. The molecule has 0 bridgehead atoms. The molecule has 1 aliphatic rings. The van der Waals surface area contributed by atoms with Gasteiger partial charge < -0.3 is 14.0 Å². The van der Waals surface area contributed by atoms with Gasteiger partial charge in [0.1, 0.15) is 17.3 Å². The topological polar surface area (TPSA) is 39.5 Å². The van der Waals surface area contributed by atoms with Crippen molar-refractivity contribution in [1.29, 1.82) is 0 Å². The summed E-state index contributed by atoms with van der Waals surface area (Å²) < 4.78 is 12.9. The zero-order valence-electron chi connectivity index (χ0n) is 14.5. The minimum atomic E-state index is 0.544. The van der Waals surface area contributed by atoms with Crippen molar-refractivity contribution < 1.29 is 9.47 Å². The first kappa shape index (κ1) is 17.1. The second kappa shape index (κ2) is 7.45. The lowest BCUT2D eigenvalue weighted by Crippen LogP contribution is -2.33. The Kier molecular flexibility index (Phi) is 5.31. The van der Waals surface area contributed by atoms with Gasteiger partial charge in [0, 0.05) is 43.5 Å². The van der Waals surface area contributed by atoms with Crippen LogP contribution in [0.25, 0.3) is 0 Å². The summed E-state index contributed by atoms with van der Waals surface area (Å²) in [5.41, 5.74) is 1.10. The summed E-state index contributed by atoms with van der Waals surface area (Å²) in [6.07, 6.45) is 6.14. The van der Waals surface area contributed by atoms with E-state index in [4.69, 9.17) is 21.1 Å². The van der Waals surface area contributed by atoms with Crippen LogP contribution in [0.1, 0.15) is 30.1 Å². The van der Waals surface area contributed by atoms with Gasteiger partial charge in [-0.1, -0.05) is 11.6 Å². The number of aryl methyl sites for hydroxylation is 1. The average Bonchev–Trinajstić information content (AvgIpc) is 3.02. The maximum Gasteiger partial charge on any atom is 0.141 e. The molecule has 0 amide bonds. The highest BCUT2D eigenvalue weighted by Crippen LogP contribution is 2.34. The molecule has 0 N–H and O–H groups in total. The molecule has 1 aliphatic heterocycles. The zero-order valence-corrected chi connectivity index (χ0v) is 15.2. The SMILES string of the molecule is COc1cc(OC)c(CN2CCC(c3nccn3C)CC2)cc1Cl. The van der Waals surface area contributed by atoms with Crippen LogP contribution >= 0.6 is 11.6 Å². The van der Waals surface area contributed by atoms with E-state index in [1.54, 1.807) is 14.2 Å². The Bertz CT molecular complexity index is 694. The van der Waals surface area contributed by atoms with Crippen LogP contribution < -0.4 is 9.47 Å². The summed E-state index contributed by atoms with van der Waals surface area (Å²) in [5, 5.41) is 0.621. The maximum atomic E-state index is 6.27. The van der Waals surface area contributed by atoms with Gasteiger partial charge >= 0.3 is 0 Å². The molecule has 0 radical (unpaired) electrons. The molecule has 0 atom stereocenters. The van der Waals surface area contributed by atoms with E-state index in [1.807, 2.05) is 24.5 Å². The van der Waals surface area contributed by atoms with Crippen LogP contribution in [0.4, 0.5) is 0 Å². The highest BCUT2D eigenvalue weighted by Gasteiger charge is 2.24. The third-order valence-corrected chi connectivity index (χ3v) is 5.06. The molecular weight excluding hydrogens is 326 g/mol. The second-order valence-corrected chi connectivity index (χ2v) is 6.65. The molecule has 130 valence electrons. The largest absolute Gasteiger partial charge is 0.496 e. The fourth-order valence-corrected chi connectivity index (χ4v) is 3.67. The van der Waals surface area contributed by atoms with Gasteiger partial charge in [0.15, 0.2) is 0 Å². The highest BCUT2D eigenvalue weighted by molar-refractivity contribution is 6.32. The van der Waals surface area contributed by atoms with Crippen molar-refractivity contribution in [3.05, 3.63) is 40.9 Å². The summed E-state index contributed by atoms with van der Waals surface area (Å²) in [4.78, 5) is 6.94. The maximum absolute atomic E-state index is 6.27. The van der Waals surface area contributed by atoms with Crippen LogP contribution in [0.15, 0.2) is 24.5 Å². The molecule has 1 fully saturated rings. The van der Waals surface area contributed by atoms with Crippen LogP contribution in [0.3, 0.4) is 0 Å². The normalized spacial score (nSPS) is 16.3. The Morgan fingerprint density at radius 1 is 1.17 bits per heavy atom. The number of halogens is 1. The summed E-state index contributed by atoms with van der Waals surface area (Å²) in [6.45, 7) is 2.93. The van der Waals surface area contributed by atoms with Crippen molar-refractivity contribution in [3.8, 4) is 11.5 Å². The third-order valence-electron chi connectivity index (χ3n) is 4.76. The quantitative estimate of drug-likeness (QED) is 0.828. The number of hydrogen-bond donors (Lipinski definition) is 0. The van der Waals surface area contributed by atoms with Crippen LogP contribution in [0, 0.1) is 0 Å². The Labute approximate surface area is 148 Å². The monoisotopic (exact) mass is 349 g/mol. The lowest BCUT2D eigenvalue weighted by atomic mass is 9.95. The van der Waals surface area contributed by atoms with Gasteiger partial charge in [-0.3, -0.25) is 4.90 Å². The van der Waals surface area contributed by atoms with Crippen molar-refractivity contribution >= 4 is 11.6 Å². The first-order valence-corrected chi connectivity index (χ1v) is 8.60. The fraction of sp³-hybridized carbons (Fsp3) is 0.500. The van der Waals surface area contributed by atoms with E-state index in [0.717, 1.165) is 43.8 Å². The first-order valence-electron chi connectivity index (χ1n) is 8.22. The van der Waals surface area contributed by atoms with Crippen LogP contribution in [0.5, 0.6) is 11.5 Å². The molecule has 6 heteroatoms. The number of methoxy groups -OCH3 is 2. The van der Waals surface area contributed by atoms with Crippen molar-refractivity contribution in [2.24, 2.45) is 7.05 Å². The predicted molar refractivity (Wildman–Crippen MR) is 95.0 cm³/mol. The Hall–Kier alpha value is -1.72. The number of hydrogen-bond acceptors (Lipinski definition) is 4. The van der Waals surface area contributed by atoms with Gasteiger partial charge in [-0.05, 0) is 32.0 Å². The molecule has 1 aromatic carbocycles. The minimum Gasteiger partial charge on any atom is -0.496 e. The predicted octanol–water partition coefficient (Wildman–Crippen LogP) is 3.47. The van der Waals surface area contributed by atoms with E-state index in [2.05, 4.69) is 21.5 Å². The lowest BCUT2D eigenvalue weighted by Gasteiger charge is -2.32. The summed E-state index contributed by atoms with van der Waals surface area (Å²) in [5.74, 6) is 3.20. The number of piperidine rings is 1. The van der Waals surface area contributed by atoms with Gasteiger partial charge in [-0.15, -0.1) is 0 Å². The van der Waals surface area contributed by atoms with Gasteiger partial charge in [-0.25, -0.2) is 4.98 Å². The highest BCUT2D eigenvalue weighted by atomic mass is 35.5. The van der Waals surface area contributed by atoms with Crippen LogP contribution in [-0.2, 0) is 13.6 Å². The molecule has 2 aromatic rings. The smallest absolute Gasteiger partial charge is 0.141 e. The summed E-state index contributed by atoms with van der Waals surface area (Å²) in [7, 11) is 5.36. The molecule has 5 nitrogen and oxygen atoms in total. The first-order chi connectivity index (χ1) is 11.6. The van der Waals surface area contributed by atoms with E-state index < -0.39 is 0 Å². The van der Waals surface area contributed by atoms with Gasteiger partial charge in [-0.2, -0.15) is 0 Å². The molecule has 0 spiro atoms. The lowest BCUT2D eigenvalue weighted by molar-refractivity contribution is 0.198. The average molecular weight is 350 g/mol. The number of benzene rings is 1. The van der Waals surface area contributed by atoms with E-state index in [0.29, 0.717) is 16.7 Å². The van der Waals surface area contributed by atoms with Crippen LogP contribution in [0.2, 0.25) is 5.02 Å². The third kappa shape index (κ3) is 3.52. The minimum absolute atomic E-state index is 0.544. The number of aromatic nitrogens is 2. The summed E-state index contributed by atoms with van der Waals surface area (Å²) in [6, 6.07) is 3.81. The molecule has 0 saturated carbocycles. The number of rotatable bonds is 5. The van der Waals surface area contributed by atoms with Gasteiger partial charge in [0.05, 0.1) is 19.2 Å². The zero-order chi connectivity index (χ0) is 17.1. The Morgan fingerprint density at radius 3 is 2.46 bits per heavy atom. The van der Waals surface area contributed by atoms with E-state index in [1.165, 1.54) is 5.82 Å². The number of likely N-dealkylation sites (tertiary alicyclic amines) is 1. The van der Waals surface area contributed by atoms with E-state index >= 15 is 0 Å². The molecular formula is C18H24ClN3O2. The van der Waals surface area contributed by atoms with Crippen molar-refractivity contribution in [2.75, 3.05) is 27.3 Å². The van der Waals surface area contributed by atoms with Crippen molar-refractivity contribution in [1.82, 2.24) is 14.5 Å². The van der Waals surface area contributed by atoms with E-state index in [9.17, 15) is 0 Å².